The van der Waals surface area contributed by atoms with Crippen LogP contribution >= 0.6 is 0 Å². The first-order valence-corrected chi connectivity index (χ1v) is 6.74. The largest absolute Gasteiger partial charge is 0.355 e. The van der Waals surface area contributed by atoms with Gasteiger partial charge in [0.15, 0.2) is 0 Å². The van der Waals surface area contributed by atoms with Gasteiger partial charge in [0.25, 0.3) is 0 Å². The molecule has 0 radical (unpaired) electrons. The first-order chi connectivity index (χ1) is 9.06. The van der Waals surface area contributed by atoms with Crippen molar-refractivity contribution in [2.24, 2.45) is 5.92 Å². The molecule has 102 valence electrons. The Kier molecular flexibility index (Phi) is 4.20. The van der Waals surface area contributed by atoms with Crippen LogP contribution in [0.5, 0.6) is 0 Å². The molecule has 2 N–H and O–H groups in total. The van der Waals surface area contributed by atoms with E-state index in [4.69, 9.17) is 0 Å². The van der Waals surface area contributed by atoms with Crippen LogP contribution in [-0.2, 0) is 9.59 Å². The molecule has 1 atom stereocenters. The van der Waals surface area contributed by atoms with E-state index >= 15 is 0 Å². The summed E-state index contributed by atoms with van der Waals surface area (Å²) < 4.78 is 0. The molecule has 1 aromatic rings. The van der Waals surface area contributed by atoms with E-state index in [0.717, 1.165) is 5.69 Å². The molecule has 1 saturated heterocycles. The van der Waals surface area contributed by atoms with Crippen molar-refractivity contribution in [3.05, 3.63) is 29.8 Å². The van der Waals surface area contributed by atoms with Gasteiger partial charge in [0.2, 0.25) is 11.8 Å². The number of carbonyl (C=O) groups excluding carboxylic acids is 2. The minimum atomic E-state index is -0.123. The summed E-state index contributed by atoms with van der Waals surface area (Å²) >= 11 is 0. The van der Waals surface area contributed by atoms with Gasteiger partial charge in [-0.15, -0.1) is 0 Å². The molecule has 1 fully saturated rings. The van der Waals surface area contributed by atoms with E-state index in [-0.39, 0.29) is 17.7 Å². The second kappa shape index (κ2) is 5.87. The Morgan fingerprint density at radius 2 is 2.00 bits per heavy atom. The quantitative estimate of drug-likeness (QED) is 0.876. The topological polar surface area (TPSA) is 58.2 Å². The van der Waals surface area contributed by atoms with Gasteiger partial charge >= 0.3 is 0 Å². The third-order valence-corrected chi connectivity index (χ3v) is 3.48. The van der Waals surface area contributed by atoms with Crippen LogP contribution in [0.1, 0.15) is 38.2 Å². The summed E-state index contributed by atoms with van der Waals surface area (Å²) in [7, 11) is 0. The molecular weight excluding hydrogens is 240 g/mol. The molecule has 4 heteroatoms. The Bertz CT molecular complexity index is 456. The highest BCUT2D eigenvalue weighted by Gasteiger charge is 2.24. The van der Waals surface area contributed by atoms with Gasteiger partial charge < -0.3 is 10.6 Å². The zero-order valence-corrected chi connectivity index (χ0v) is 11.4. The number of piperidine rings is 1. The standard InChI is InChI=1S/C15H20N2O2/c1-10(2)11-3-6-13(7-4-11)17-15(19)12-5-8-14(18)16-9-12/h3-4,6-7,10,12H,5,8-9H2,1-2H3,(H,16,18)(H,17,19). The summed E-state index contributed by atoms with van der Waals surface area (Å²) in [6.45, 7) is 4.71. The van der Waals surface area contributed by atoms with Crippen LogP contribution in [0, 0.1) is 5.92 Å². The molecule has 19 heavy (non-hydrogen) atoms. The maximum Gasteiger partial charge on any atom is 0.229 e. The molecule has 1 aromatic carbocycles. The van der Waals surface area contributed by atoms with Gasteiger partial charge in [-0.2, -0.15) is 0 Å². The van der Waals surface area contributed by atoms with Crippen molar-refractivity contribution in [2.45, 2.75) is 32.6 Å². The number of carbonyl (C=O) groups is 2. The zero-order chi connectivity index (χ0) is 13.8. The minimum Gasteiger partial charge on any atom is -0.355 e. The van der Waals surface area contributed by atoms with E-state index in [1.54, 1.807) is 0 Å². The van der Waals surface area contributed by atoms with E-state index in [2.05, 4.69) is 24.5 Å². The van der Waals surface area contributed by atoms with Crippen molar-refractivity contribution in [2.75, 3.05) is 11.9 Å². The fourth-order valence-electron chi connectivity index (χ4n) is 2.15. The average molecular weight is 260 g/mol. The second-order valence-electron chi connectivity index (χ2n) is 5.31. The van der Waals surface area contributed by atoms with Crippen LogP contribution in [0.3, 0.4) is 0 Å². The monoisotopic (exact) mass is 260 g/mol. The molecule has 2 amide bonds. The Morgan fingerprint density at radius 3 is 2.53 bits per heavy atom. The Hall–Kier alpha value is -1.84. The highest BCUT2D eigenvalue weighted by Crippen LogP contribution is 2.19. The molecular formula is C15H20N2O2. The minimum absolute atomic E-state index is 0.0164. The van der Waals surface area contributed by atoms with Crippen molar-refractivity contribution < 1.29 is 9.59 Å². The molecule has 1 aliphatic rings. The summed E-state index contributed by atoms with van der Waals surface area (Å²) in [5.74, 6) is 0.378. The maximum absolute atomic E-state index is 12.0. The predicted octanol–water partition coefficient (Wildman–Crippen LogP) is 2.27. The van der Waals surface area contributed by atoms with Crippen LogP contribution in [0.4, 0.5) is 5.69 Å². The highest BCUT2D eigenvalue weighted by molar-refractivity contribution is 5.94. The average Bonchev–Trinajstić information content (AvgIpc) is 2.40. The van der Waals surface area contributed by atoms with Gasteiger partial charge in [0, 0.05) is 18.7 Å². The molecule has 0 saturated carbocycles. The number of amides is 2. The zero-order valence-electron chi connectivity index (χ0n) is 11.4. The van der Waals surface area contributed by atoms with E-state index in [1.807, 2.05) is 24.3 Å². The van der Waals surface area contributed by atoms with Crippen LogP contribution in [0.2, 0.25) is 0 Å². The van der Waals surface area contributed by atoms with Crippen molar-refractivity contribution in [3.63, 3.8) is 0 Å². The summed E-state index contributed by atoms with van der Waals surface area (Å²) in [4.78, 5) is 23.1. The number of hydrogen-bond donors (Lipinski definition) is 2. The van der Waals surface area contributed by atoms with Crippen molar-refractivity contribution >= 4 is 17.5 Å². The highest BCUT2D eigenvalue weighted by atomic mass is 16.2. The molecule has 2 rings (SSSR count). The number of hydrogen-bond acceptors (Lipinski definition) is 2. The fraction of sp³-hybridized carbons (Fsp3) is 0.467. The van der Waals surface area contributed by atoms with E-state index in [1.165, 1.54) is 5.56 Å². The molecule has 1 aliphatic heterocycles. The van der Waals surface area contributed by atoms with Crippen LogP contribution in [0.25, 0.3) is 0 Å². The van der Waals surface area contributed by atoms with Crippen LogP contribution in [0.15, 0.2) is 24.3 Å². The summed E-state index contributed by atoms with van der Waals surface area (Å²) in [6.07, 6.45) is 1.06. The number of nitrogens with one attached hydrogen (secondary N) is 2. The number of anilines is 1. The number of rotatable bonds is 3. The molecule has 0 aliphatic carbocycles. The molecule has 0 bridgehead atoms. The maximum atomic E-state index is 12.0. The van der Waals surface area contributed by atoms with Gasteiger partial charge in [-0.3, -0.25) is 9.59 Å². The summed E-state index contributed by atoms with van der Waals surface area (Å²) in [6, 6.07) is 7.91. The summed E-state index contributed by atoms with van der Waals surface area (Å²) in [5, 5.41) is 5.63. The van der Waals surface area contributed by atoms with Crippen LogP contribution in [-0.4, -0.2) is 18.4 Å². The van der Waals surface area contributed by atoms with Gasteiger partial charge in [-0.05, 0) is 30.0 Å². The Labute approximate surface area is 113 Å². The van der Waals surface area contributed by atoms with Crippen LogP contribution < -0.4 is 10.6 Å². The first-order valence-electron chi connectivity index (χ1n) is 6.74. The van der Waals surface area contributed by atoms with Gasteiger partial charge in [0.05, 0.1) is 5.92 Å². The predicted molar refractivity (Wildman–Crippen MR) is 74.9 cm³/mol. The molecule has 0 aromatic heterocycles. The normalized spacial score (nSPS) is 19.1. The lowest BCUT2D eigenvalue weighted by molar-refractivity contribution is -0.126. The lowest BCUT2D eigenvalue weighted by Crippen LogP contribution is -2.40. The SMILES string of the molecule is CC(C)c1ccc(NC(=O)C2CCC(=O)NC2)cc1. The van der Waals surface area contributed by atoms with E-state index in [9.17, 15) is 9.59 Å². The smallest absolute Gasteiger partial charge is 0.229 e. The third-order valence-electron chi connectivity index (χ3n) is 3.48. The second-order valence-corrected chi connectivity index (χ2v) is 5.31. The van der Waals surface area contributed by atoms with Crippen molar-refractivity contribution in [1.29, 1.82) is 0 Å². The molecule has 1 unspecified atom stereocenters. The van der Waals surface area contributed by atoms with Crippen molar-refractivity contribution in [3.8, 4) is 0 Å². The van der Waals surface area contributed by atoms with Crippen molar-refractivity contribution in [1.82, 2.24) is 5.32 Å². The molecule has 0 spiro atoms. The lowest BCUT2D eigenvalue weighted by Gasteiger charge is -2.21. The molecule has 1 heterocycles. The van der Waals surface area contributed by atoms with Gasteiger partial charge in [0.1, 0.15) is 0 Å². The van der Waals surface area contributed by atoms with E-state index in [0.29, 0.717) is 25.3 Å². The Balaban J connectivity index is 1.93. The molecule has 4 nitrogen and oxygen atoms in total. The fourth-order valence-corrected chi connectivity index (χ4v) is 2.15. The summed E-state index contributed by atoms with van der Waals surface area (Å²) in [5.41, 5.74) is 2.06. The Morgan fingerprint density at radius 1 is 1.32 bits per heavy atom. The number of benzene rings is 1. The third kappa shape index (κ3) is 3.56. The van der Waals surface area contributed by atoms with Gasteiger partial charge in [-0.25, -0.2) is 0 Å². The first kappa shape index (κ1) is 13.6. The lowest BCUT2D eigenvalue weighted by atomic mass is 9.98. The van der Waals surface area contributed by atoms with E-state index < -0.39 is 0 Å². The van der Waals surface area contributed by atoms with Gasteiger partial charge in [-0.1, -0.05) is 26.0 Å².